The van der Waals surface area contributed by atoms with Gasteiger partial charge in [0.1, 0.15) is 0 Å². The minimum Gasteiger partial charge on any atom is -0.360 e. The van der Waals surface area contributed by atoms with Gasteiger partial charge in [0.15, 0.2) is 5.76 Å². The first kappa shape index (κ1) is 13.6. The van der Waals surface area contributed by atoms with Crippen molar-refractivity contribution in [3.8, 4) is 0 Å². The first-order chi connectivity index (χ1) is 8.74. The summed E-state index contributed by atoms with van der Waals surface area (Å²) in [7, 11) is 0. The molecule has 0 radical (unpaired) electrons. The van der Waals surface area contributed by atoms with Crippen LogP contribution in [0, 0.1) is 11.8 Å². The number of nitrogens with one attached hydrogen (secondary N) is 1. The normalized spacial score (nSPS) is 21.6. The van der Waals surface area contributed by atoms with E-state index in [9.17, 15) is 0 Å². The Hall–Kier alpha value is -0.870. The maximum Gasteiger partial charge on any atom is 0.150 e. The molecule has 0 bridgehead atoms. The Morgan fingerprint density at radius 2 is 2.44 bits per heavy atom. The first-order valence-electron chi connectivity index (χ1n) is 7.06. The van der Waals surface area contributed by atoms with Crippen molar-refractivity contribution in [2.45, 2.75) is 33.2 Å². The van der Waals surface area contributed by atoms with E-state index < -0.39 is 0 Å². The molecule has 2 rings (SSSR count). The molecule has 4 nitrogen and oxygen atoms in total. The van der Waals surface area contributed by atoms with Gasteiger partial charge in [-0.2, -0.15) is 0 Å². The summed E-state index contributed by atoms with van der Waals surface area (Å²) in [6.07, 6.45) is 4.36. The zero-order valence-electron chi connectivity index (χ0n) is 11.6. The molecule has 1 aromatic heterocycles. The molecule has 102 valence electrons. The minimum absolute atomic E-state index is 0.735. The third-order valence-electron chi connectivity index (χ3n) is 3.46. The molecule has 1 saturated heterocycles. The summed E-state index contributed by atoms with van der Waals surface area (Å²) in [5.74, 6) is 2.49. The lowest BCUT2D eigenvalue weighted by atomic mass is 9.97. The molecule has 1 atom stereocenters. The summed E-state index contributed by atoms with van der Waals surface area (Å²) in [4.78, 5) is 2.48. The van der Waals surface area contributed by atoms with E-state index in [4.69, 9.17) is 4.52 Å². The number of likely N-dealkylation sites (tertiary alicyclic amines) is 1. The molecule has 0 aliphatic carbocycles. The molecule has 1 aliphatic rings. The molecule has 18 heavy (non-hydrogen) atoms. The van der Waals surface area contributed by atoms with Crippen molar-refractivity contribution in [1.29, 1.82) is 0 Å². The van der Waals surface area contributed by atoms with Crippen molar-refractivity contribution in [3.05, 3.63) is 18.0 Å². The summed E-state index contributed by atoms with van der Waals surface area (Å²) < 4.78 is 5.18. The van der Waals surface area contributed by atoms with E-state index in [0.717, 1.165) is 37.2 Å². The van der Waals surface area contributed by atoms with Crippen LogP contribution in [0.25, 0.3) is 0 Å². The summed E-state index contributed by atoms with van der Waals surface area (Å²) >= 11 is 0. The fraction of sp³-hybridized carbons (Fsp3) is 0.786. The molecule has 0 aromatic carbocycles. The van der Waals surface area contributed by atoms with Crippen LogP contribution in [0.15, 0.2) is 16.8 Å². The van der Waals surface area contributed by atoms with Gasteiger partial charge in [-0.1, -0.05) is 19.0 Å². The second-order valence-corrected chi connectivity index (χ2v) is 5.77. The molecule has 1 aliphatic heterocycles. The number of rotatable bonds is 6. The van der Waals surface area contributed by atoms with Gasteiger partial charge in [0.05, 0.1) is 12.7 Å². The number of aromatic nitrogens is 1. The van der Waals surface area contributed by atoms with Gasteiger partial charge in [0.25, 0.3) is 0 Å². The van der Waals surface area contributed by atoms with Gasteiger partial charge in [-0.05, 0) is 44.3 Å². The number of hydrogen-bond donors (Lipinski definition) is 1. The van der Waals surface area contributed by atoms with Crippen LogP contribution in [0.4, 0.5) is 0 Å². The van der Waals surface area contributed by atoms with Crippen molar-refractivity contribution in [2.75, 3.05) is 26.2 Å². The highest BCUT2D eigenvalue weighted by atomic mass is 16.5. The molecule has 0 amide bonds. The Bertz CT molecular complexity index is 324. The average molecular weight is 251 g/mol. The Kier molecular flexibility index (Phi) is 5.20. The van der Waals surface area contributed by atoms with E-state index in [2.05, 4.69) is 29.2 Å². The molecule has 0 spiro atoms. The van der Waals surface area contributed by atoms with Crippen LogP contribution >= 0.6 is 0 Å². The topological polar surface area (TPSA) is 41.3 Å². The van der Waals surface area contributed by atoms with Crippen LogP contribution in [-0.4, -0.2) is 36.2 Å². The fourth-order valence-corrected chi connectivity index (χ4v) is 2.58. The van der Waals surface area contributed by atoms with Gasteiger partial charge >= 0.3 is 0 Å². The maximum atomic E-state index is 5.18. The van der Waals surface area contributed by atoms with Crippen LogP contribution < -0.4 is 5.32 Å². The Labute approximate surface area is 110 Å². The Balaban J connectivity index is 1.71. The first-order valence-corrected chi connectivity index (χ1v) is 7.06. The van der Waals surface area contributed by atoms with Crippen molar-refractivity contribution in [2.24, 2.45) is 11.8 Å². The lowest BCUT2D eigenvalue weighted by Crippen LogP contribution is -2.39. The van der Waals surface area contributed by atoms with Crippen LogP contribution in [0.5, 0.6) is 0 Å². The second-order valence-electron chi connectivity index (χ2n) is 5.77. The molecule has 1 unspecified atom stereocenters. The summed E-state index contributed by atoms with van der Waals surface area (Å²) in [6.45, 7) is 10.0. The molecule has 2 heterocycles. The van der Waals surface area contributed by atoms with Crippen LogP contribution in [0.1, 0.15) is 32.4 Å². The van der Waals surface area contributed by atoms with Crippen molar-refractivity contribution < 1.29 is 4.52 Å². The quantitative estimate of drug-likeness (QED) is 0.841. The molecule has 1 aromatic rings. The number of piperidine rings is 1. The van der Waals surface area contributed by atoms with E-state index in [1.165, 1.54) is 25.9 Å². The molecule has 0 saturated carbocycles. The fourth-order valence-electron chi connectivity index (χ4n) is 2.58. The van der Waals surface area contributed by atoms with Crippen LogP contribution in [0.3, 0.4) is 0 Å². The highest BCUT2D eigenvalue weighted by Crippen LogP contribution is 2.17. The molecule has 1 N–H and O–H groups in total. The van der Waals surface area contributed by atoms with Crippen LogP contribution in [0.2, 0.25) is 0 Å². The van der Waals surface area contributed by atoms with Crippen molar-refractivity contribution in [1.82, 2.24) is 15.4 Å². The van der Waals surface area contributed by atoms with Gasteiger partial charge in [0, 0.05) is 12.6 Å². The van der Waals surface area contributed by atoms with Gasteiger partial charge in [-0.3, -0.25) is 4.90 Å². The SMILES string of the molecule is CC(C)CNCC1CCCN(Cc2ccno2)C1. The predicted octanol–water partition coefficient (Wildman–Crippen LogP) is 2.13. The highest BCUT2D eigenvalue weighted by Gasteiger charge is 2.20. The number of hydrogen-bond acceptors (Lipinski definition) is 4. The van der Waals surface area contributed by atoms with E-state index in [1.54, 1.807) is 6.20 Å². The van der Waals surface area contributed by atoms with E-state index >= 15 is 0 Å². The Morgan fingerprint density at radius 3 is 3.17 bits per heavy atom. The minimum atomic E-state index is 0.735. The second kappa shape index (κ2) is 6.90. The lowest BCUT2D eigenvalue weighted by molar-refractivity contribution is 0.150. The Morgan fingerprint density at radius 1 is 1.56 bits per heavy atom. The predicted molar refractivity (Wildman–Crippen MR) is 72.2 cm³/mol. The van der Waals surface area contributed by atoms with Crippen LogP contribution in [-0.2, 0) is 6.54 Å². The lowest BCUT2D eigenvalue weighted by Gasteiger charge is -2.32. The summed E-state index contributed by atoms with van der Waals surface area (Å²) in [5.41, 5.74) is 0. The molecule has 1 fully saturated rings. The molecule has 4 heteroatoms. The van der Waals surface area contributed by atoms with E-state index in [1.807, 2.05) is 6.07 Å². The third-order valence-corrected chi connectivity index (χ3v) is 3.46. The molecular formula is C14H25N3O. The van der Waals surface area contributed by atoms with Crippen molar-refractivity contribution >= 4 is 0 Å². The largest absolute Gasteiger partial charge is 0.360 e. The highest BCUT2D eigenvalue weighted by molar-refractivity contribution is 4.93. The van der Waals surface area contributed by atoms with Gasteiger partial charge in [0.2, 0.25) is 0 Å². The number of nitrogens with zero attached hydrogens (tertiary/aromatic N) is 2. The molecular weight excluding hydrogens is 226 g/mol. The summed E-state index contributed by atoms with van der Waals surface area (Å²) in [5, 5.41) is 7.33. The van der Waals surface area contributed by atoms with Gasteiger partial charge in [-0.15, -0.1) is 0 Å². The average Bonchev–Trinajstić information content (AvgIpc) is 2.82. The van der Waals surface area contributed by atoms with Crippen molar-refractivity contribution in [3.63, 3.8) is 0 Å². The smallest absolute Gasteiger partial charge is 0.150 e. The zero-order chi connectivity index (χ0) is 12.8. The van der Waals surface area contributed by atoms with Gasteiger partial charge in [-0.25, -0.2) is 0 Å². The standard InChI is InChI=1S/C14H25N3O/c1-12(2)8-15-9-13-4-3-7-17(10-13)11-14-5-6-16-18-14/h5-6,12-13,15H,3-4,7-11H2,1-2H3. The van der Waals surface area contributed by atoms with E-state index in [-0.39, 0.29) is 0 Å². The van der Waals surface area contributed by atoms with E-state index in [0.29, 0.717) is 0 Å². The monoisotopic (exact) mass is 251 g/mol. The zero-order valence-corrected chi connectivity index (χ0v) is 11.6. The summed E-state index contributed by atoms with van der Waals surface area (Å²) in [6, 6.07) is 1.96. The maximum absolute atomic E-state index is 5.18. The van der Waals surface area contributed by atoms with Gasteiger partial charge < -0.3 is 9.84 Å². The third kappa shape index (κ3) is 4.42.